The summed E-state index contributed by atoms with van der Waals surface area (Å²) in [5.41, 5.74) is 1.26. The maximum Gasteiger partial charge on any atom is 0.0426 e. The zero-order chi connectivity index (χ0) is 17.9. The lowest BCUT2D eigenvalue weighted by atomic mass is 10.0. The van der Waals surface area contributed by atoms with Crippen molar-refractivity contribution in [2.45, 2.75) is 32.4 Å². The molecule has 140 valence electrons. The highest BCUT2D eigenvalue weighted by Crippen LogP contribution is 2.25. The van der Waals surface area contributed by atoms with E-state index in [9.17, 15) is 0 Å². The summed E-state index contributed by atoms with van der Waals surface area (Å²) in [6, 6.07) is 13.5. The van der Waals surface area contributed by atoms with Crippen LogP contribution in [0.4, 0.5) is 5.69 Å². The molecule has 2 saturated heterocycles. The summed E-state index contributed by atoms with van der Waals surface area (Å²) in [5, 5.41) is 0.830. The molecule has 1 aromatic heterocycles. The maximum absolute atomic E-state index is 6.16. The molecule has 0 spiro atoms. The molecule has 3 heterocycles. The van der Waals surface area contributed by atoms with Gasteiger partial charge in [-0.05, 0) is 56.6 Å². The summed E-state index contributed by atoms with van der Waals surface area (Å²) in [7, 11) is 0. The molecule has 0 bridgehead atoms. The molecule has 0 radical (unpaired) electrons. The highest BCUT2D eigenvalue weighted by molar-refractivity contribution is 7.11. The van der Waals surface area contributed by atoms with Crippen molar-refractivity contribution < 1.29 is 0 Å². The molecule has 3 nitrogen and oxygen atoms in total. The normalized spacial score (nSPS) is 22.7. The molecular formula is C21H28ClN3S. The van der Waals surface area contributed by atoms with Gasteiger partial charge in [-0.3, -0.25) is 9.80 Å². The van der Waals surface area contributed by atoms with Gasteiger partial charge in [0.05, 0.1) is 0 Å². The first-order chi connectivity index (χ1) is 12.7. The van der Waals surface area contributed by atoms with E-state index in [0.717, 1.165) is 37.7 Å². The predicted molar refractivity (Wildman–Crippen MR) is 113 cm³/mol. The van der Waals surface area contributed by atoms with Gasteiger partial charge >= 0.3 is 0 Å². The average molecular weight is 390 g/mol. The Hall–Kier alpha value is -1.07. The van der Waals surface area contributed by atoms with Crippen LogP contribution in [0.2, 0.25) is 5.02 Å². The zero-order valence-electron chi connectivity index (χ0n) is 15.5. The van der Waals surface area contributed by atoms with E-state index in [1.165, 1.54) is 41.4 Å². The summed E-state index contributed by atoms with van der Waals surface area (Å²) in [6.45, 7) is 10.3. The molecular weight excluding hydrogens is 362 g/mol. The second-order valence-corrected chi connectivity index (χ2v) is 9.36. The summed E-state index contributed by atoms with van der Waals surface area (Å²) >= 11 is 8.10. The number of anilines is 1. The fourth-order valence-electron chi connectivity index (χ4n) is 4.28. The molecule has 0 unspecified atom stereocenters. The van der Waals surface area contributed by atoms with Crippen molar-refractivity contribution in [1.29, 1.82) is 0 Å². The number of hydrogen-bond acceptors (Lipinski definition) is 4. The number of likely N-dealkylation sites (tertiary alicyclic amines) is 1. The maximum atomic E-state index is 6.16. The Kier molecular flexibility index (Phi) is 5.84. The Bertz CT molecular complexity index is 724. The minimum absolute atomic E-state index is 0.714. The van der Waals surface area contributed by atoms with E-state index in [4.69, 9.17) is 11.6 Å². The van der Waals surface area contributed by atoms with Gasteiger partial charge in [0.2, 0.25) is 0 Å². The highest BCUT2D eigenvalue weighted by atomic mass is 35.5. The van der Waals surface area contributed by atoms with Gasteiger partial charge in [-0.1, -0.05) is 17.7 Å². The van der Waals surface area contributed by atoms with Crippen molar-refractivity contribution in [3.8, 4) is 0 Å². The van der Waals surface area contributed by atoms with Gasteiger partial charge in [-0.2, -0.15) is 0 Å². The van der Waals surface area contributed by atoms with Crippen molar-refractivity contribution in [2.24, 2.45) is 0 Å². The van der Waals surface area contributed by atoms with Gasteiger partial charge in [0.25, 0.3) is 0 Å². The van der Waals surface area contributed by atoms with Crippen LogP contribution < -0.4 is 4.90 Å². The van der Waals surface area contributed by atoms with E-state index in [1.807, 2.05) is 17.4 Å². The van der Waals surface area contributed by atoms with E-state index in [2.05, 4.69) is 52.0 Å². The van der Waals surface area contributed by atoms with Crippen molar-refractivity contribution in [1.82, 2.24) is 9.80 Å². The van der Waals surface area contributed by atoms with Gasteiger partial charge < -0.3 is 4.90 Å². The van der Waals surface area contributed by atoms with Gasteiger partial charge in [-0.25, -0.2) is 0 Å². The topological polar surface area (TPSA) is 9.72 Å². The molecule has 26 heavy (non-hydrogen) atoms. The fraction of sp³-hybridized carbons (Fsp3) is 0.524. The molecule has 0 N–H and O–H groups in total. The van der Waals surface area contributed by atoms with Crippen LogP contribution in [0.15, 0.2) is 36.4 Å². The summed E-state index contributed by atoms with van der Waals surface area (Å²) in [5.74, 6) is 0. The summed E-state index contributed by atoms with van der Waals surface area (Å²) in [6.07, 6.45) is 2.67. The van der Waals surface area contributed by atoms with Crippen molar-refractivity contribution in [3.63, 3.8) is 0 Å². The molecule has 2 aliphatic heterocycles. The first kappa shape index (κ1) is 18.3. The lowest BCUT2D eigenvalue weighted by Gasteiger charge is -2.44. The smallest absolute Gasteiger partial charge is 0.0426 e. The molecule has 0 amide bonds. The molecule has 4 rings (SSSR count). The minimum Gasteiger partial charge on any atom is -0.369 e. The average Bonchev–Trinajstić information content (AvgIpc) is 3.07. The third-order valence-electron chi connectivity index (χ3n) is 5.66. The van der Waals surface area contributed by atoms with Gasteiger partial charge in [0, 0.05) is 65.8 Å². The second-order valence-electron chi connectivity index (χ2n) is 7.55. The van der Waals surface area contributed by atoms with Gasteiger partial charge in [-0.15, -0.1) is 11.3 Å². The Balaban J connectivity index is 1.31. The van der Waals surface area contributed by atoms with Crippen LogP contribution in [0.1, 0.15) is 22.6 Å². The first-order valence-electron chi connectivity index (χ1n) is 9.69. The first-order valence-corrected chi connectivity index (χ1v) is 10.9. The van der Waals surface area contributed by atoms with Crippen LogP contribution in [-0.2, 0) is 6.54 Å². The monoisotopic (exact) mass is 389 g/mol. The summed E-state index contributed by atoms with van der Waals surface area (Å²) in [4.78, 5) is 10.8. The zero-order valence-corrected chi connectivity index (χ0v) is 17.1. The molecule has 1 aromatic carbocycles. The Morgan fingerprint density at radius 2 is 1.92 bits per heavy atom. The van der Waals surface area contributed by atoms with Gasteiger partial charge in [0.15, 0.2) is 0 Å². The standard InChI is InChI=1S/C21H28ClN3S/c1-17-7-8-21(26-17)16-23-9-3-6-20(15-23)25-12-10-24(11-13-25)19-5-2-4-18(22)14-19/h2,4-5,7-8,14,20H,3,6,9-13,15-16H2,1H3/t20-/m0/s1. The molecule has 2 aromatic rings. The van der Waals surface area contributed by atoms with E-state index in [0.29, 0.717) is 6.04 Å². The van der Waals surface area contributed by atoms with E-state index < -0.39 is 0 Å². The molecule has 5 heteroatoms. The highest BCUT2D eigenvalue weighted by Gasteiger charge is 2.28. The van der Waals surface area contributed by atoms with E-state index >= 15 is 0 Å². The Labute approximate surface area is 166 Å². The summed E-state index contributed by atoms with van der Waals surface area (Å²) < 4.78 is 0. The predicted octanol–water partition coefficient (Wildman–Crippen LogP) is 4.50. The number of aryl methyl sites for hydroxylation is 1. The van der Waals surface area contributed by atoms with Crippen LogP contribution in [-0.4, -0.2) is 55.1 Å². The number of halogens is 1. The quantitative estimate of drug-likeness (QED) is 0.762. The third kappa shape index (κ3) is 4.42. The SMILES string of the molecule is Cc1ccc(CN2CCC[C@H](N3CCN(c4cccc(Cl)c4)CC3)C2)s1. The number of piperazine rings is 1. The molecule has 2 fully saturated rings. The number of piperidine rings is 1. The van der Waals surface area contributed by atoms with Crippen molar-refractivity contribution in [3.05, 3.63) is 51.2 Å². The lowest BCUT2D eigenvalue weighted by molar-refractivity contribution is 0.0893. The third-order valence-corrected chi connectivity index (χ3v) is 6.88. The van der Waals surface area contributed by atoms with E-state index in [-0.39, 0.29) is 0 Å². The second kappa shape index (κ2) is 8.30. The largest absolute Gasteiger partial charge is 0.369 e. The van der Waals surface area contributed by atoms with Crippen molar-refractivity contribution in [2.75, 3.05) is 44.2 Å². The van der Waals surface area contributed by atoms with Gasteiger partial charge in [0.1, 0.15) is 0 Å². The number of hydrogen-bond donors (Lipinski definition) is 0. The van der Waals surface area contributed by atoms with Crippen LogP contribution in [0.25, 0.3) is 0 Å². The number of benzene rings is 1. The number of nitrogens with zero attached hydrogens (tertiary/aromatic N) is 3. The Morgan fingerprint density at radius 1 is 1.08 bits per heavy atom. The van der Waals surface area contributed by atoms with Crippen molar-refractivity contribution >= 4 is 28.6 Å². The fourth-order valence-corrected chi connectivity index (χ4v) is 5.40. The Morgan fingerprint density at radius 3 is 2.65 bits per heavy atom. The number of thiophene rings is 1. The molecule has 2 aliphatic rings. The van der Waals surface area contributed by atoms with Crippen LogP contribution in [0.3, 0.4) is 0 Å². The van der Waals surface area contributed by atoms with Crippen LogP contribution in [0, 0.1) is 6.92 Å². The van der Waals surface area contributed by atoms with Crippen LogP contribution >= 0.6 is 22.9 Å². The number of rotatable bonds is 4. The molecule has 1 atom stereocenters. The molecule has 0 saturated carbocycles. The minimum atomic E-state index is 0.714. The van der Waals surface area contributed by atoms with Crippen LogP contribution in [0.5, 0.6) is 0 Å². The van der Waals surface area contributed by atoms with E-state index in [1.54, 1.807) is 0 Å². The molecule has 0 aliphatic carbocycles. The lowest BCUT2D eigenvalue weighted by Crippen LogP contribution is -2.55.